The van der Waals surface area contributed by atoms with Crippen molar-refractivity contribution in [2.75, 3.05) is 23.3 Å². The van der Waals surface area contributed by atoms with Gasteiger partial charge in [-0.25, -0.2) is 0 Å². The fourth-order valence-electron chi connectivity index (χ4n) is 4.18. The number of alkyl halides is 3. The SMILES string of the molecule is O=C(NCc1cccc(NC(=O)C2CC2)c1)C1CCN(c2ccc(C(F)(F)F)cc2[N+](=O)[O-])CC1. The maximum Gasteiger partial charge on any atom is 0.416 e. The van der Waals surface area contributed by atoms with E-state index in [0.29, 0.717) is 37.7 Å². The lowest BCUT2D eigenvalue weighted by Crippen LogP contribution is -2.40. The minimum Gasteiger partial charge on any atom is -0.366 e. The highest BCUT2D eigenvalue weighted by Crippen LogP contribution is 2.37. The number of nitro groups is 1. The molecule has 1 aliphatic carbocycles. The second-order valence-corrected chi connectivity index (χ2v) is 8.90. The summed E-state index contributed by atoms with van der Waals surface area (Å²) < 4.78 is 38.9. The van der Waals surface area contributed by atoms with Crippen LogP contribution in [-0.4, -0.2) is 29.8 Å². The molecular formula is C24H25F3N4O4. The van der Waals surface area contributed by atoms with Crippen molar-refractivity contribution in [1.82, 2.24) is 5.32 Å². The summed E-state index contributed by atoms with van der Waals surface area (Å²) in [6.07, 6.45) is -2.01. The van der Waals surface area contributed by atoms with Gasteiger partial charge in [-0.2, -0.15) is 13.2 Å². The number of rotatable bonds is 7. The number of anilines is 2. The minimum atomic E-state index is -4.67. The van der Waals surface area contributed by atoms with Gasteiger partial charge in [-0.1, -0.05) is 12.1 Å². The van der Waals surface area contributed by atoms with E-state index in [1.165, 1.54) is 0 Å². The van der Waals surface area contributed by atoms with Crippen LogP contribution in [0.5, 0.6) is 0 Å². The van der Waals surface area contributed by atoms with Crippen LogP contribution in [-0.2, 0) is 22.3 Å². The smallest absolute Gasteiger partial charge is 0.366 e. The Balaban J connectivity index is 1.32. The Bertz CT molecular complexity index is 1130. The molecule has 2 aliphatic rings. The van der Waals surface area contributed by atoms with E-state index >= 15 is 0 Å². The van der Waals surface area contributed by atoms with Crippen molar-refractivity contribution in [2.24, 2.45) is 11.8 Å². The lowest BCUT2D eigenvalue weighted by atomic mass is 9.95. The molecule has 8 nitrogen and oxygen atoms in total. The van der Waals surface area contributed by atoms with Crippen molar-refractivity contribution < 1.29 is 27.7 Å². The number of nitro benzene ring substituents is 1. The first-order valence-electron chi connectivity index (χ1n) is 11.4. The average Bonchev–Trinajstić information content (AvgIpc) is 3.68. The molecule has 2 aromatic carbocycles. The van der Waals surface area contributed by atoms with E-state index in [-0.39, 0.29) is 35.9 Å². The monoisotopic (exact) mass is 490 g/mol. The molecule has 0 spiro atoms. The summed E-state index contributed by atoms with van der Waals surface area (Å²) in [6, 6.07) is 9.77. The Morgan fingerprint density at radius 3 is 2.31 bits per heavy atom. The quantitative estimate of drug-likeness (QED) is 0.440. The van der Waals surface area contributed by atoms with Crippen LogP contribution in [0.2, 0.25) is 0 Å². The van der Waals surface area contributed by atoms with Crippen molar-refractivity contribution in [3.63, 3.8) is 0 Å². The second-order valence-electron chi connectivity index (χ2n) is 8.90. The number of hydrogen-bond acceptors (Lipinski definition) is 5. The third-order valence-electron chi connectivity index (χ3n) is 6.32. The van der Waals surface area contributed by atoms with Gasteiger partial charge >= 0.3 is 6.18 Å². The Morgan fingerprint density at radius 1 is 1.00 bits per heavy atom. The number of halogens is 3. The normalized spacial score (nSPS) is 16.6. The molecule has 0 bridgehead atoms. The average molecular weight is 490 g/mol. The van der Waals surface area contributed by atoms with E-state index in [1.807, 2.05) is 12.1 Å². The van der Waals surface area contributed by atoms with Crippen molar-refractivity contribution in [1.29, 1.82) is 0 Å². The molecule has 0 radical (unpaired) electrons. The van der Waals surface area contributed by atoms with Crippen molar-refractivity contribution >= 4 is 28.9 Å². The van der Waals surface area contributed by atoms with Crippen LogP contribution in [0.1, 0.15) is 36.8 Å². The topological polar surface area (TPSA) is 105 Å². The molecule has 11 heteroatoms. The summed E-state index contributed by atoms with van der Waals surface area (Å²) >= 11 is 0. The van der Waals surface area contributed by atoms with Crippen LogP contribution in [0.15, 0.2) is 42.5 Å². The van der Waals surface area contributed by atoms with Crippen LogP contribution in [0.25, 0.3) is 0 Å². The van der Waals surface area contributed by atoms with Crippen molar-refractivity contribution in [2.45, 2.75) is 38.4 Å². The third-order valence-corrected chi connectivity index (χ3v) is 6.32. The summed E-state index contributed by atoms with van der Waals surface area (Å²) in [4.78, 5) is 36.8. The predicted molar refractivity (Wildman–Crippen MR) is 123 cm³/mol. The second kappa shape index (κ2) is 9.93. The minimum absolute atomic E-state index is 0.00577. The van der Waals surface area contributed by atoms with Gasteiger partial charge in [0.25, 0.3) is 5.69 Å². The molecule has 1 saturated heterocycles. The van der Waals surface area contributed by atoms with Gasteiger partial charge in [-0.3, -0.25) is 19.7 Å². The van der Waals surface area contributed by atoms with E-state index in [9.17, 15) is 32.9 Å². The molecule has 2 N–H and O–H groups in total. The number of nitrogens with one attached hydrogen (secondary N) is 2. The Labute approximate surface area is 199 Å². The maximum absolute atomic E-state index is 13.0. The molecule has 4 rings (SSSR count). The lowest BCUT2D eigenvalue weighted by Gasteiger charge is -2.32. The van der Waals surface area contributed by atoms with Gasteiger partial charge in [0, 0.05) is 43.2 Å². The van der Waals surface area contributed by atoms with Gasteiger partial charge in [-0.15, -0.1) is 0 Å². The van der Waals surface area contributed by atoms with Crippen LogP contribution >= 0.6 is 0 Å². The highest BCUT2D eigenvalue weighted by Gasteiger charge is 2.35. The molecule has 1 aliphatic heterocycles. The molecule has 2 fully saturated rings. The van der Waals surface area contributed by atoms with Crippen LogP contribution in [0.4, 0.5) is 30.2 Å². The number of hydrogen-bond donors (Lipinski definition) is 2. The van der Waals surface area contributed by atoms with Gasteiger partial charge in [0.15, 0.2) is 0 Å². The summed E-state index contributed by atoms with van der Waals surface area (Å²) in [5.74, 6) is -0.365. The van der Waals surface area contributed by atoms with Crippen LogP contribution in [0, 0.1) is 22.0 Å². The molecule has 35 heavy (non-hydrogen) atoms. The van der Waals surface area contributed by atoms with Gasteiger partial charge in [0.2, 0.25) is 11.8 Å². The Morgan fingerprint density at radius 2 is 1.69 bits per heavy atom. The summed E-state index contributed by atoms with van der Waals surface area (Å²) in [5, 5.41) is 17.1. The standard InChI is InChI=1S/C24H25F3N4O4/c25-24(26,27)18-6-7-20(21(13-18)31(34)35)30-10-8-17(9-11-30)22(32)28-14-15-2-1-3-19(12-15)29-23(33)16-4-5-16/h1-3,6-7,12-13,16-17H,4-5,8-11,14H2,(H,28,32)(H,29,33). The zero-order chi connectivity index (χ0) is 25.2. The molecular weight excluding hydrogens is 465 g/mol. The van der Waals surface area contributed by atoms with E-state index in [4.69, 9.17) is 0 Å². The van der Waals surface area contributed by atoms with E-state index < -0.39 is 22.4 Å². The van der Waals surface area contributed by atoms with Crippen LogP contribution in [0.3, 0.4) is 0 Å². The molecule has 0 atom stereocenters. The first-order chi connectivity index (χ1) is 16.6. The number of piperidine rings is 1. The number of benzene rings is 2. The van der Waals surface area contributed by atoms with Crippen molar-refractivity contribution in [3.8, 4) is 0 Å². The lowest BCUT2D eigenvalue weighted by molar-refractivity contribution is -0.384. The molecule has 2 amide bonds. The largest absolute Gasteiger partial charge is 0.416 e. The Kier molecular flexibility index (Phi) is 6.95. The summed E-state index contributed by atoms with van der Waals surface area (Å²) in [7, 11) is 0. The number of carbonyl (C=O) groups excluding carboxylic acids is 2. The Hall–Kier alpha value is -3.63. The first kappa shape index (κ1) is 24.5. The van der Waals surface area contributed by atoms with Gasteiger partial charge in [-0.05, 0) is 55.5 Å². The molecule has 2 aromatic rings. The van der Waals surface area contributed by atoms with Gasteiger partial charge < -0.3 is 15.5 Å². The summed E-state index contributed by atoms with van der Waals surface area (Å²) in [6.45, 7) is 0.913. The third kappa shape index (κ3) is 6.09. The van der Waals surface area contributed by atoms with Gasteiger partial charge in [0.1, 0.15) is 5.69 Å². The predicted octanol–water partition coefficient (Wildman–Crippen LogP) is 4.49. The van der Waals surface area contributed by atoms with E-state index in [0.717, 1.165) is 30.5 Å². The van der Waals surface area contributed by atoms with Gasteiger partial charge in [0.05, 0.1) is 10.5 Å². The maximum atomic E-state index is 13.0. The number of amides is 2. The van der Waals surface area contributed by atoms with Crippen LogP contribution < -0.4 is 15.5 Å². The first-order valence-corrected chi connectivity index (χ1v) is 11.4. The molecule has 186 valence electrons. The highest BCUT2D eigenvalue weighted by molar-refractivity contribution is 5.94. The summed E-state index contributed by atoms with van der Waals surface area (Å²) in [5.41, 5.74) is -0.0356. The molecule has 1 heterocycles. The van der Waals surface area contributed by atoms with E-state index in [1.54, 1.807) is 17.0 Å². The fraction of sp³-hybridized carbons (Fsp3) is 0.417. The van der Waals surface area contributed by atoms with Crippen molar-refractivity contribution in [3.05, 3.63) is 63.7 Å². The molecule has 0 unspecified atom stereocenters. The molecule has 0 aromatic heterocycles. The zero-order valence-electron chi connectivity index (χ0n) is 18.8. The van der Waals surface area contributed by atoms with E-state index in [2.05, 4.69) is 10.6 Å². The number of carbonyl (C=O) groups is 2. The number of nitrogens with zero attached hydrogens (tertiary/aromatic N) is 2. The fourth-order valence-corrected chi connectivity index (χ4v) is 4.18. The zero-order valence-corrected chi connectivity index (χ0v) is 18.8. The molecule has 1 saturated carbocycles. The highest BCUT2D eigenvalue weighted by atomic mass is 19.4.